The maximum atomic E-state index is 15.6. The smallest absolute Gasteiger partial charge is 0.276 e. The summed E-state index contributed by atoms with van der Waals surface area (Å²) in [6.07, 6.45) is 0. The maximum Gasteiger partial charge on any atom is 0.276 e. The van der Waals surface area contributed by atoms with Crippen molar-refractivity contribution in [2.75, 3.05) is 41.4 Å². The zero-order chi connectivity index (χ0) is 28.7. The lowest BCUT2D eigenvalue weighted by atomic mass is 10.0. The van der Waals surface area contributed by atoms with E-state index < -0.39 is 34.6 Å². The summed E-state index contributed by atoms with van der Waals surface area (Å²) in [5.41, 5.74) is -0.115. The molecule has 2 atom stereocenters. The molecule has 0 unspecified atom stereocenters. The molecular formula is C28H30F3N7O2. The monoisotopic (exact) mass is 553 g/mol. The first-order valence-electron chi connectivity index (χ1n) is 13.0. The molecule has 210 valence electrons. The number of aromatic nitrogens is 2. The molecule has 3 heterocycles. The van der Waals surface area contributed by atoms with Crippen LogP contribution < -0.4 is 26.1 Å². The van der Waals surface area contributed by atoms with Crippen LogP contribution in [0.15, 0.2) is 46.3 Å². The lowest BCUT2D eigenvalue weighted by Crippen LogP contribution is -2.31. The summed E-state index contributed by atoms with van der Waals surface area (Å²) in [5.74, 6) is -2.58. The third-order valence-electron chi connectivity index (χ3n) is 7.47. The molecular weight excluding hydrogens is 523 g/mol. The minimum atomic E-state index is -1.01. The number of hydrazone groups is 1. The largest absolute Gasteiger partial charge is 0.369 e. The summed E-state index contributed by atoms with van der Waals surface area (Å²) in [7, 11) is 0. The van der Waals surface area contributed by atoms with Crippen molar-refractivity contribution in [2.24, 2.45) is 16.9 Å². The van der Waals surface area contributed by atoms with Gasteiger partial charge in [-0.3, -0.25) is 14.6 Å². The second kappa shape index (κ2) is 10.8. The zero-order valence-electron chi connectivity index (χ0n) is 22.4. The van der Waals surface area contributed by atoms with Crippen LogP contribution in [0.5, 0.6) is 0 Å². The van der Waals surface area contributed by atoms with Crippen LogP contribution in [0.2, 0.25) is 0 Å². The highest BCUT2D eigenvalue weighted by Gasteiger charge is 2.38. The predicted octanol–water partition coefficient (Wildman–Crippen LogP) is 3.70. The summed E-state index contributed by atoms with van der Waals surface area (Å²) >= 11 is 0. The molecule has 0 aliphatic carbocycles. The summed E-state index contributed by atoms with van der Waals surface area (Å²) < 4.78 is 44.9. The van der Waals surface area contributed by atoms with Crippen molar-refractivity contribution in [1.29, 1.82) is 0 Å². The lowest BCUT2D eigenvalue weighted by molar-refractivity contribution is 0.102. The van der Waals surface area contributed by atoms with Gasteiger partial charge in [0.25, 0.3) is 11.5 Å². The van der Waals surface area contributed by atoms with Crippen LogP contribution in [0.25, 0.3) is 5.69 Å². The Kier molecular flexibility index (Phi) is 7.37. The Morgan fingerprint density at radius 2 is 1.75 bits per heavy atom. The Morgan fingerprint density at radius 3 is 2.35 bits per heavy atom. The van der Waals surface area contributed by atoms with Gasteiger partial charge in [-0.2, -0.15) is 14.9 Å². The third kappa shape index (κ3) is 4.83. The molecule has 40 heavy (non-hydrogen) atoms. The van der Waals surface area contributed by atoms with Crippen molar-refractivity contribution in [3.8, 4) is 5.69 Å². The fourth-order valence-electron chi connectivity index (χ4n) is 5.64. The van der Waals surface area contributed by atoms with Gasteiger partial charge in [-0.05, 0) is 50.8 Å². The van der Waals surface area contributed by atoms with Gasteiger partial charge in [-0.15, -0.1) is 0 Å². The Bertz CT molecular complexity index is 1510. The fourth-order valence-corrected chi connectivity index (χ4v) is 5.64. The average molecular weight is 554 g/mol. The molecule has 2 aliphatic heterocycles. The SMILES string of the molecule is C=NN(c1c(F)cc(NC(=O)c2ccc(=O)n(-c3c(F)cccc3F)n2)c(N2C[C@H]3CNC[C@H]3C2)c1C)C(C)C. The van der Waals surface area contributed by atoms with Crippen molar-refractivity contribution in [1.82, 2.24) is 15.1 Å². The Hall–Kier alpha value is -4.19. The molecule has 1 aromatic heterocycles. The number of nitrogens with one attached hydrogen (secondary N) is 2. The summed E-state index contributed by atoms with van der Waals surface area (Å²) in [6, 6.07) is 6.33. The first-order valence-corrected chi connectivity index (χ1v) is 13.0. The highest BCUT2D eigenvalue weighted by atomic mass is 19.1. The van der Waals surface area contributed by atoms with Gasteiger partial charge < -0.3 is 15.5 Å². The highest BCUT2D eigenvalue weighted by molar-refractivity contribution is 6.05. The van der Waals surface area contributed by atoms with E-state index >= 15 is 4.39 Å². The number of hydrogen-bond acceptors (Lipinski definition) is 7. The normalized spacial score (nSPS) is 18.2. The van der Waals surface area contributed by atoms with Gasteiger partial charge in [-0.25, -0.2) is 13.2 Å². The molecule has 3 aromatic rings. The molecule has 2 N–H and O–H groups in total. The second-order valence-corrected chi connectivity index (χ2v) is 10.4. The Balaban J connectivity index is 1.56. The molecule has 1 amide bonds. The van der Waals surface area contributed by atoms with Gasteiger partial charge in [0.2, 0.25) is 0 Å². The molecule has 0 bridgehead atoms. The molecule has 2 aliphatic rings. The van der Waals surface area contributed by atoms with Gasteiger partial charge in [0, 0.05) is 56.6 Å². The van der Waals surface area contributed by atoms with E-state index in [2.05, 4.69) is 32.5 Å². The van der Waals surface area contributed by atoms with E-state index in [4.69, 9.17) is 0 Å². The van der Waals surface area contributed by atoms with E-state index in [1.807, 2.05) is 13.8 Å². The van der Waals surface area contributed by atoms with E-state index in [9.17, 15) is 18.4 Å². The van der Waals surface area contributed by atoms with Crippen LogP contribution in [-0.2, 0) is 0 Å². The van der Waals surface area contributed by atoms with E-state index in [0.717, 1.165) is 43.4 Å². The predicted molar refractivity (Wildman–Crippen MR) is 148 cm³/mol. The van der Waals surface area contributed by atoms with Crippen molar-refractivity contribution < 1.29 is 18.0 Å². The molecule has 0 radical (unpaired) electrons. The number of halogens is 3. The second-order valence-electron chi connectivity index (χ2n) is 10.4. The van der Waals surface area contributed by atoms with Gasteiger partial charge in [0.1, 0.15) is 17.1 Å². The number of nitrogens with zero attached hydrogens (tertiary/aromatic N) is 5. The number of fused-ring (bicyclic) bond motifs is 1. The van der Waals surface area contributed by atoms with Crippen molar-refractivity contribution in [3.05, 3.63) is 75.5 Å². The number of benzene rings is 2. The molecule has 0 spiro atoms. The van der Waals surface area contributed by atoms with Crippen LogP contribution in [0, 0.1) is 36.2 Å². The minimum absolute atomic E-state index is 0.176. The number of rotatable bonds is 7. The molecule has 2 aromatic carbocycles. The quantitative estimate of drug-likeness (QED) is 0.342. The van der Waals surface area contributed by atoms with Crippen molar-refractivity contribution in [3.63, 3.8) is 0 Å². The van der Waals surface area contributed by atoms with Crippen molar-refractivity contribution >= 4 is 29.7 Å². The average Bonchev–Trinajstić information content (AvgIpc) is 3.49. The molecule has 12 heteroatoms. The topological polar surface area (TPSA) is 94.9 Å². The first kappa shape index (κ1) is 27.4. The Morgan fingerprint density at radius 1 is 1.10 bits per heavy atom. The van der Waals surface area contributed by atoms with Gasteiger partial charge >= 0.3 is 0 Å². The third-order valence-corrected chi connectivity index (χ3v) is 7.47. The van der Waals surface area contributed by atoms with E-state index in [1.165, 1.54) is 11.1 Å². The maximum absolute atomic E-state index is 15.6. The number of hydrogen-bond donors (Lipinski definition) is 2. The minimum Gasteiger partial charge on any atom is -0.369 e. The van der Waals surface area contributed by atoms with Gasteiger partial charge in [-0.1, -0.05) is 6.07 Å². The molecule has 9 nitrogen and oxygen atoms in total. The summed E-state index contributed by atoms with van der Waals surface area (Å²) in [6.45, 7) is 12.3. The highest BCUT2D eigenvalue weighted by Crippen LogP contribution is 2.43. The number of carbonyl (C=O) groups excluding carboxylic acids is 1. The molecule has 2 saturated heterocycles. The number of anilines is 3. The van der Waals surface area contributed by atoms with Crippen LogP contribution >= 0.6 is 0 Å². The van der Waals surface area contributed by atoms with Gasteiger partial charge in [0.15, 0.2) is 17.5 Å². The van der Waals surface area contributed by atoms with Crippen LogP contribution in [0.1, 0.15) is 29.9 Å². The van der Waals surface area contributed by atoms with Crippen LogP contribution in [0.4, 0.5) is 30.2 Å². The fraction of sp³-hybridized carbons (Fsp3) is 0.357. The molecule has 2 fully saturated rings. The van der Waals surface area contributed by atoms with Crippen molar-refractivity contribution in [2.45, 2.75) is 26.8 Å². The number of para-hydroxylation sites is 1. The molecule has 0 saturated carbocycles. The Labute approximate surface area is 229 Å². The summed E-state index contributed by atoms with van der Waals surface area (Å²) in [5, 5.41) is 15.6. The lowest BCUT2D eigenvalue weighted by Gasteiger charge is -2.31. The molecule has 5 rings (SSSR count). The standard InChI is InChI=1S/C28H30F3N7O2/c1-15(2)37(32-4)25-16(3)26(36-13-17-11-33-12-18(17)14-36)23(10-21(25)31)34-28(40)22-8-9-24(39)38(35-22)27-19(29)6-5-7-20(27)30/h5-10,15,17-18,33H,4,11-14H2,1-3H3,(H,34,40)/t17-,18+. The van der Waals surface area contributed by atoms with E-state index in [1.54, 1.807) is 6.92 Å². The van der Waals surface area contributed by atoms with Gasteiger partial charge in [0.05, 0.1) is 11.4 Å². The first-order chi connectivity index (χ1) is 19.1. The summed E-state index contributed by atoms with van der Waals surface area (Å²) in [4.78, 5) is 27.9. The number of amides is 1. The van der Waals surface area contributed by atoms with E-state index in [-0.39, 0.29) is 23.1 Å². The van der Waals surface area contributed by atoms with Crippen LogP contribution in [-0.4, -0.2) is 54.6 Å². The van der Waals surface area contributed by atoms with E-state index in [0.29, 0.717) is 40.9 Å². The zero-order valence-corrected chi connectivity index (χ0v) is 22.4. The number of carbonyl (C=O) groups is 1. The van der Waals surface area contributed by atoms with Crippen LogP contribution in [0.3, 0.4) is 0 Å².